The number of nitrogens with zero attached hydrogens (tertiary/aromatic N) is 1. The molecule has 1 rings (SSSR count). The molecule has 0 saturated carbocycles. The fraction of sp³-hybridized carbons (Fsp3) is 0.462. The lowest BCUT2D eigenvalue weighted by atomic mass is 10.1. The molecule has 0 fully saturated rings. The Morgan fingerprint density at radius 1 is 1.44 bits per heavy atom. The van der Waals surface area contributed by atoms with Crippen LogP contribution in [0, 0.1) is 0 Å². The summed E-state index contributed by atoms with van der Waals surface area (Å²) in [6.07, 6.45) is -0.429. The molecule has 1 unspecified atom stereocenters. The Hall–Kier alpha value is -1.59. The highest BCUT2D eigenvalue weighted by Crippen LogP contribution is 2.18. The molecule has 0 aliphatic carbocycles. The van der Waals surface area contributed by atoms with E-state index in [0.717, 1.165) is 5.56 Å². The van der Waals surface area contributed by atoms with Crippen molar-refractivity contribution < 1.29 is 14.6 Å². The molecule has 1 aromatic rings. The lowest BCUT2D eigenvalue weighted by Gasteiger charge is -2.17. The Labute approximate surface area is 107 Å². The Balaban J connectivity index is 2.58. The first-order chi connectivity index (χ1) is 8.49. The molecule has 0 radical (unpaired) electrons. The zero-order chi connectivity index (χ0) is 13.5. The first-order valence-corrected chi connectivity index (χ1v) is 5.81. The number of carbonyl (C=O) groups is 1. The molecular formula is C13H20N2O3. The number of primary amides is 1. The van der Waals surface area contributed by atoms with Crippen molar-refractivity contribution in [3.63, 3.8) is 0 Å². The SMILES string of the molecule is CN(C)CC(O)COc1ccccc1CC(N)=O. The Morgan fingerprint density at radius 3 is 2.72 bits per heavy atom. The summed E-state index contributed by atoms with van der Waals surface area (Å²) < 4.78 is 5.52. The van der Waals surface area contributed by atoms with Crippen molar-refractivity contribution in [3.05, 3.63) is 29.8 Å². The number of nitrogens with two attached hydrogens (primary N) is 1. The molecule has 0 aliphatic heterocycles. The normalized spacial score (nSPS) is 12.4. The zero-order valence-corrected chi connectivity index (χ0v) is 10.8. The minimum atomic E-state index is -0.568. The van der Waals surface area contributed by atoms with Crippen LogP contribution >= 0.6 is 0 Å². The predicted octanol–water partition coefficient (Wildman–Crippen LogP) is 0.0157. The predicted molar refractivity (Wildman–Crippen MR) is 69.4 cm³/mol. The molecule has 0 bridgehead atoms. The van der Waals surface area contributed by atoms with Gasteiger partial charge in [-0.2, -0.15) is 0 Å². The van der Waals surface area contributed by atoms with Crippen LogP contribution < -0.4 is 10.5 Å². The van der Waals surface area contributed by atoms with Gasteiger partial charge in [0, 0.05) is 12.1 Å². The van der Waals surface area contributed by atoms with Gasteiger partial charge in [-0.1, -0.05) is 18.2 Å². The Bertz CT molecular complexity index is 394. The van der Waals surface area contributed by atoms with Gasteiger partial charge in [-0.25, -0.2) is 0 Å². The van der Waals surface area contributed by atoms with Gasteiger partial charge >= 0.3 is 0 Å². The fourth-order valence-corrected chi connectivity index (χ4v) is 1.64. The monoisotopic (exact) mass is 252 g/mol. The van der Waals surface area contributed by atoms with Crippen LogP contribution in [0.2, 0.25) is 0 Å². The summed E-state index contributed by atoms with van der Waals surface area (Å²) >= 11 is 0. The zero-order valence-electron chi connectivity index (χ0n) is 10.8. The molecular weight excluding hydrogens is 232 g/mol. The quantitative estimate of drug-likeness (QED) is 0.717. The Morgan fingerprint density at radius 2 is 2.11 bits per heavy atom. The number of benzene rings is 1. The molecule has 1 atom stereocenters. The van der Waals surface area contributed by atoms with Crippen LogP contribution in [0.4, 0.5) is 0 Å². The maximum Gasteiger partial charge on any atom is 0.221 e. The number of hydrogen-bond acceptors (Lipinski definition) is 4. The van der Waals surface area contributed by atoms with E-state index in [4.69, 9.17) is 10.5 Å². The Kier molecular flexibility index (Phi) is 5.61. The molecule has 0 aromatic heterocycles. The highest BCUT2D eigenvalue weighted by atomic mass is 16.5. The van der Waals surface area contributed by atoms with Crippen LogP contribution in [-0.4, -0.2) is 49.3 Å². The lowest BCUT2D eigenvalue weighted by molar-refractivity contribution is -0.117. The molecule has 18 heavy (non-hydrogen) atoms. The van der Waals surface area contributed by atoms with Crippen molar-refractivity contribution in [2.24, 2.45) is 5.73 Å². The van der Waals surface area contributed by atoms with Gasteiger partial charge in [-0.15, -0.1) is 0 Å². The van der Waals surface area contributed by atoms with E-state index in [-0.39, 0.29) is 13.0 Å². The van der Waals surface area contributed by atoms with Gasteiger partial charge in [-0.05, 0) is 20.2 Å². The molecule has 0 heterocycles. The van der Waals surface area contributed by atoms with Crippen LogP contribution in [-0.2, 0) is 11.2 Å². The number of amides is 1. The number of ether oxygens (including phenoxy) is 1. The second kappa shape index (κ2) is 6.98. The number of para-hydroxylation sites is 1. The molecule has 0 saturated heterocycles. The second-order valence-electron chi connectivity index (χ2n) is 4.48. The van der Waals surface area contributed by atoms with E-state index < -0.39 is 12.0 Å². The van der Waals surface area contributed by atoms with E-state index in [1.807, 2.05) is 31.1 Å². The molecule has 100 valence electrons. The smallest absolute Gasteiger partial charge is 0.221 e. The van der Waals surface area contributed by atoms with Crippen LogP contribution in [0.5, 0.6) is 5.75 Å². The van der Waals surface area contributed by atoms with E-state index >= 15 is 0 Å². The minimum Gasteiger partial charge on any atom is -0.491 e. The maximum atomic E-state index is 10.9. The van der Waals surface area contributed by atoms with Gasteiger partial charge in [0.15, 0.2) is 0 Å². The van der Waals surface area contributed by atoms with E-state index in [1.54, 1.807) is 12.1 Å². The summed E-state index contributed by atoms with van der Waals surface area (Å²) in [6.45, 7) is 0.714. The summed E-state index contributed by atoms with van der Waals surface area (Å²) in [5, 5.41) is 9.70. The number of likely N-dealkylation sites (N-methyl/N-ethyl adjacent to an activating group) is 1. The van der Waals surface area contributed by atoms with Crippen LogP contribution in [0.25, 0.3) is 0 Å². The fourth-order valence-electron chi connectivity index (χ4n) is 1.64. The summed E-state index contributed by atoms with van der Waals surface area (Å²) in [4.78, 5) is 12.8. The third kappa shape index (κ3) is 5.16. The van der Waals surface area contributed by atoms with E-state index in [9.17, 15) is 9.90 Å². The largest absolute Gasteiger partial charge is 0.491 e. The van der Waals surface area contributed by atoms with Crippen LogP contribution in [0.1, 0.15) is 5.56 Å². The topological polar surface area (TPSA) is 75.8 Å². The maximum absolute atomic E-state index is 10.9. The van der Waals surface area contributed by atoms with E-state index in [0.29, 0.717) is 12.3 Å². The third-order valence-electron chi connectivity index (χ3n) is 2.34. The average Bonchev–Trinajstić information content (AvgIpc) is 2.26. The van der Waals surface area contributed by atoms with Crippen molar-refractivity contribution in [1.82, 2.24) is 4.90 Å². The minimum absolute atomic E-state index is 0.139. The lowest BCUT2D eigenvalue weighted by Crippen LogP contribution is -2.30. The van der Waals surface area contributed by atoms with E-state index in [2.05, 4.69) is 0 Å². The molecule has 3 N–H and O–H groups in total. The van der Waals surface area contributed by atoms with Crippen LogP contribution in [0.3, 0.4) is 0 Å². The number of aliphatic hydroxyl groups excluding tert-OH is 1. The summed E-state index contributed by atoms with van der Waals surface area (Å²) in [5.41, 5.74) is 5.90. The highest BCUT2D eigenvalue weighted by Gasteiger charge is 2.10. The molecule has 5 heteroatoms. The van der Waals surface area contributed by atoms with Gasteiger partial charge in [0.05, 0.1) is 6.42 Å². The van der Waals surface area contributed by atoms with Crippen molar-refractivity contribution in [3.8, 4) is 5.75 Å². The molecule has 1 aromatic carbocycles. The van der Waals surface area contributed by atoms with Gasteiger partial charge in [0.25, 0.3) is 0 Å². The molecule has 5 nitrogen and oxygen atoms in total. The standard InChI is InChI=1S/C13H20N2O3/c1-15(2)8-11(16)9-18-12-6-4-3-5-10(12)7-13(14)17/h3-6,11,16H,7-9H2,1-2H3,(H2,14,17). The molecule has 0 spiro atoms. The van der Waals surface area contributed by atoms with Crippen molar-refractivity contribution in [1.29, 1.82) is 0 Å². The number of hydrogen-bond donors (Lipinski definition) is 2. The third-order valence-corrected chi connectivity index (χ3v) is 2.34. The van der Waals surface area contributed by atoms with E-state index in [1.165, 1.54) is 0 Å². The van der Waals surface area contributed by atoms with Gasteiger partial charge in [-0.3, -0.25) is 4.79 Å². The summed E-state index contributed by atoms with van der Waals surface area (Å²) in [7, 11) is 3.76. The van der Waals surface area contributed by atoms with Gasteiger partial charge in [0.1, 0.15) is 18.5 Å². The van der Waals surface area contributed by atoms with Crippen LogP contribution in [0.15, 0.2) is 24.3 Å². The first-order valence-electron chi connectivity index (χ1n) is 5.81. The molecule has 1 amide bonds. The first kappa shape index (κ1) is 14.5. The molecule has 0 aliphatic rings. The van der Waals surface area contributed by atoms with Gasteiger partial charge in [0.2, 0.25) is 5.91 Å². The second-order valence-corrected chi connectivity index (χ2v) is 4.48. The number of rotatable bonds is 7. The van der Waals surface area contributed by atoms with Crippen molar-refractivity contribution >= 4 is 5.91 Å². The van der Waals surface area contributed by atoms with Crippen molar-refractivity contribution in [2.75, 3.05) is 27.2 Å². The summed E-state index contributed by atoms with van der Waals surface area (Å²) in [6, 6.07) is 7.19. The summed E-state index contributed by atoms with van der Waals surface area (Å²) in [5.74, 6) is 0.189. The number of carbonyl (C=O) groups excluding carboxylic acids is 1. The highest BCUT2D eigenvalue weighted by molar-refractivity contribution is 5.77. The van der Waals surface area contributed by atoms with Crippen molar-refractivity contribution in [2.45, 2.75) is 12.5 Å². The van der Waals surface area contributed by atoms with Gasteiger partial charge < -0.3 is 20.5 Å². The average molecular weight is 252 g/mol. The number of aliphatic hydroxyl groups is 1.